The molecule has 0 spiro atoms. The molecule has 2 rings (SSSR count). The summed E-state index contributed by atoms with van der Waals surface area (Å²) >= 11 is 5.55. The first-order valence-corrected chi connectivity index (χ1v) is 5.40. The lowest BCUT2D eigenvalue weighted by molar-refractivity contribution is -0.117. The molecule has 1 amide bonds. The second kappa shape index (κ2) is 4.19. The summed E-state index contributed by atoms with van der Waals surface area (Å²) in [6, 6.07) is 4.74. The van der Waals surface area contributed by atoms with Gasteiger partial charge in [0.05, 0.1) is 5.88 Å². The highest BCUT2D eigenvalue weighted by Crippen LogP contribution is 2.24. The molecule has 1 aromatic rings. The van der Waals surface area contributed by atoms with Crippen molar-refractivity contribution in [3.05, 3.63) is 29.6 Å². The Hall–Kier alpha value is -1.09. The van der Waals surface area contributed by atoms with Gasteiger partial charge in [0.15, 0.2) is 0 Å². The number of amides is 1. The molecular weight excluding hydrogens is 217 g/mol. The molecule has 0 N–H and O–H groups in total. The first kappa shape index (κ1) is 10.4. The number of alkyl halides is 1. The van der Waals surface area contributed by atoms with E-state index in [-0.39, 0.29) is 17.6 Å². The quantitative estimate of drug-likeness (QED) is 0.712. The molecule has 0 radical (unpaired) electrons. The molecule has 4 heteroatoms. The van der Waals surface area contributed by atoms with E-state index in [1.165, 1.54) is 6.07 Å². The van der Waals surface area contributed by atoms with Crippen LogP contribution in [0.5, 0.6) is 0 Å². The summed E-state index contributed by atoms with van der Waals surface area (Å²) in [6.07, 6.45) is 1.40. The smallest absolute Gasteiger partial charge is 0.227 e. The van der Waals surface area contributed by atoms with Gasteiger partial charge in [-0.15, -0.1) is 11.6 Å². The number of carbonyl (C=O) groups excluding carboxylic acids is 1. The van der Waals surface area contributed by atoms with E-state index >= 15 is 0 Å². The standard InChI is InChI=1S/C11H11ClFNO/c12-7-8-3-4-9(6-10(8)13)14-5-1-2-11(14)15/h3-4,6H,1-2,5,7H2. The van der Waals surface area contributed by atoms with Crippen LogP contribution < -0.4 is 4.90 Å². The fourth-order valence-electron chi connectivity index (χ4n) is 1.73. The van der Waals surface area contributed by atoms with Gasteiger partial charge in [-0.2, -0.15) is 0 Å². The largest absolute Gasteiger partial charge is 0.312 e. The van der Waals surface area contributed by atoms with Crippen molar-refractivity contribution in [2.45, 2.75) is 18.7 Å². The van der Waals surface area contributed by atoms with Crippen molar-refractivity contribution in [1.82, 2.24) is 0 Å². The topological polar surface area (TPSA) is 20.3 Å². The van der Waals surface area contributed by atoms with Crippen LogP contribution in [0.3, 0.4) is 0 Å². The summed E-state index contributed by atoms with van der Waals surface area (Å²) in [5.41, 5.74) is 1.09. The summed E-state index contributed by atoms with van der Waals surface area (Å²) in [7, 11) is 0. The fourth-order valence-corrected chi connectivity index (χ4v) is 1.95. The summed E-state index contributed by atoms with van der Waals surface area (Å²) in [5, 5.41) is 0. The third-order valence-corrected chi connectivity index (χ3v) is 2.85. The Labute approximate surface area is 92.6 Å². The molecule has 0 aliphatic carbocycles. The Morgan fingerprint density at radius 2 is 2.27 bits per heavy atom. The van der Waals surface area contributed by atoms with Gasteiger partial charge in [0, 0.05) is 24.2 Å². The first-order chi connectivity index (χ1) is 7.22. The van der Waals surface area contributed by atoms with Crippen molar-refractivity contribution in [2.24, 2.45) is 0 Å². The van der Waals surface area contributed by atoms with Crippen LogP contribution in [0.25, 0.3) is 0 Å². The van der Waals surface area contributed by atoms with Crippen molar-refractivity contribution in [3.63, 3.8) is 0 Å². The summed E-state index contributed by atoms with van der Waals surface area (Å²) in [4.78, 5) is 13.0. The van der Waals surface area contributed by atoms with Gasteiger partial charge >= 0.3 is 0 Å². The van der Waals surface area contributed by atoms with Crippen molar-refractivity contribution in [2.75, 3.05) is 11.4 Å². The SMILES string of the molecule is O=C1CCCN1c1ccc(CCl)c(F)c1. The number of halogens is 2. The van der Waals surface area contributed by atoms with Crippen LogP contribution in [0.2, 0.25) is 0 Å². The second-order valence-corrected chi connectivity index (χ2v) is 3.83. The van der Waals surface area contributed by atoms with Crippen LogP contribution in [0.4, 0.5) is 10.1 Å². The van der Waals surface area contributed by atoms with Gasteiger partial charge in [0.2, 0.25) is 5.91 Å². The Balaban J connectivity index is 2.29. The number of benzene rings is 1. The zero-order valence-corrected chi connectivity index (χ0v) is 8.93. The van der Waals surface area contributed by atoms with Crippen molar-refractivity contribution in [3.8, 4) is 0 Å². The predicted molar refractivity (Wildman–Crippen MR) is 57.5 cm³/mol. The minimum atomic E-state index is -0.345. The third-order valence-electron chi connectivity index (χ3n) is 2.57. The lowest BCUT2D eigenvalue weighted by Crippen LogP contribution is -2.23. The maximum atomic E-state index is 13.4. The average molecular weight is 228 g/mol. The molecular formula is C11H11ClFNO. The van der Waals surface area contributed by atoms with E-state index in [2.05, 4.69) is 0 Å². The van der Waals surface area contributed by atoms with Crippen molar-refractivity contribution in [1.29, 1.82) is 0 Å². The zero-order valence-electron chi connectivity index (χ0n) is 8.17. The Kier molecular flexibility index (Phi) is 2.91. The molecule has 0 atom stereocenters. The van der Waals surface area contributed by atoms with Gasteiger partial charge in [-0.05, 0) is 18.6 Å². The summed E-state index contributed by atoms with van der Waals surface area (Å²) in [5.74, 6) is -0.129. The van der Waals surface area contributed by atoms with Crippen molar-refractivity contribution < 1.29 is 9.18 Å². The van der Waals surface area contributed by atoms with Gasteiger partial charge < -0.3 is 4.90 Å². The van der Waals surface area contributed by atoms with Crippen LogP contribution in [0.15, 0.2) is 18.2 Å². The molecule has 1 aliphatic heterocycles. The number of hydrogen-bond donors (Lipinski definition) is 0. The predicted octanol–water partition coefficient (Wildman–Crippen LogP) is 2.69. The van der Waals surface area contributed by atoms with E-state index in [9.17, 15) is 9.18 Å². The number of rotatable bonds is 2. The monoisotopic (exact) mass is 227 g/mol. The fraction of sp³-hybridized carbons (Fsp3) is 0.364. The van der Waals surface area contributed by atoms with E-state index < -0.39 is 0 Å². The normalized spacial score (nSPS) is 16.1. The molecule has 0 saturated carbocycles. The van der Waals surface area contributed by atoms with E-state index in [0.29, 0.717) is 24.2 Å². The lowest BCUT2D eigenvalue weighted by atomic mass is 10.2. The van der Waals surface area contributed by atoms with Gasteiger partial charge in [-0.25, -0.2) is 4.39 Å². The molecule has 1 aliphatic rings. The van der Waals surface area contributed by atoms with E-state index in [1.807, 2.05) is 0 Å². The van der Waals surface area contributed by atoms with Crippen LogP contribution >= 0.6 is 11.6 Å². The molecule has 0 bridgehead atoms. The summed E-state index contributed by atoms with van der Waals surface area (Å²) in [6.45, 7) is 0.679. The van der Waals surface area contributed by atoms with E-state index in [1.54, 1.807) is 17.0 Å². The van der Waals surface area contributed by atoms with Crippen LogP contribution in [-0.2, 0) is 10.7 Å². The Morgan fingerprint density at radius 1 is 1.47 bits per heavy atom. The molecule has 2 nitrogen and oxygen atoms in total. The molecule has 0 unspecified atom stereocenters. The number of hydrogen-bond acceptors (Lipinski definition) is 1. The highest BCUT2D eigenvalue weighted by atomic mass is 35.5. The molecule has 1 aromatic carbocycles. The number of anilines is 1. The van der Waals surface area contributed by atoms with Gasteiger partial charge in [0.25, 0.3) is 0 Å². The average Bonchev–Trinajstić information content (AvgIpc) is 2.64. The zero-order chi connectivity index (χ0) is 10.8. The Morgan fingerprint density at radius 3 is 2.80 bits per heavy atom. The molecule has 0 aromatic heterocycles. The van der Waals surface area contributed by atoms with Crippen LogP contribution in [0.1, 0.15) is 18.4 Å². The van der Waals surface area contributed by atoms with Gasteiger partial charge in [0.1, 0.15) is 5.82 Å². The molecule has 1 heterocycles. The minimum Gasteiger partial charge on any atom is -0.312 e. The Bertz CT molecular complexity index is 394. The number of carbonyl (C=O) groups is 1. The molecule has 80 valence electrons. The third kappa shape index (κ3) is 1.97. The van der Waals surface area contributed by atoms with Crippen molar-refractivity contribution >= 4 is 23.2 Å². The molecule has 15 heavy (non-hydrogen) atoms. The molecule has 1 saturated heterocycles. The van der Waals surface area contributed by atoms with E-state index in [0.717, 1.165) is 6.42 Å². The van der Waals surface area contributed by atoms with Gasteiger partial charge in [-0.3, -0.25) is 4.79 Å². The minimum absolute atomic E-state index is 0.0630. The maximum Gasteiger partial charge on any atom is 0.227 e. The van der Waals surface area contributed by atoms with Gasteiger partial charge in [-0.1, -0.05) is 6.07 Å². The molecule has 1 fully saturated rings. The van der Waals surface area contributed by atoms with Crippen LogP contribution in [-0.4, -0.2) is 12.5 Å². The van der Waals surface area contributed by atoms with Crippen LogP contribution in [0, 0.1) is 5.82 Å². The second-order valence-electron chi connectivity index (χ2n) is 3.56. The van der Waals surface area contributed by atoms with E-state index in [4.69, 9.17) is 11.6 Å². The maximum absolute atomic E-state index is 13.4. The summed E-state index contributed by atoms with van der Waals surface area (Å²) < 4.78 is 13.4. The first-order valence-electron chi connectivity index (χ1n) is 4.87. The number of nitrogens with zero attached hydrogens (tertiary/aromatic N) is 1. The highest BCUT2D eigenvalue weighted by molar-refractivity contribution is 6.17. The lowest BCUT2D eigenvalue weighted by Gasteiger charge is -2.16. The highest BCUT2D eigenvalue weighted by Gasteiger charge is 2.22.